The summed E-state index contributed by atoms with van der Waals surface area (Å²) in [5.74, 6) is 1.20. The minimum Gasteiger partial charge on any atom is -0.394 e. The molecule has 4 rings (SSSR count). The van der Waals surface area contributed by atoms with E-state index in [1.807, 2.05) is 31.0 Å². The van der Waals surface area contributed by atoms with Crippen LogP contribution in [-0.2, 0) is 6.54 Å². The molecule has 0 bridgehead atoms. The van der Waals surface area contributed by atoms with Gasteiger partial charge in [-0.05, 0) is 32.2 Å². The second-order valence-electron chi connectivity index (χ2n) is 7.91. The van der Waals surface area contributed by atoms with Crippen molar-refractivity contribution in [2.45, 2.75) is 19.5 Å². The number of aromatic nitrogens is 3. The summed E-state index contributed by atoms with van der Waals surface area (Å²) < 4.78 is 14.2. The molecule has 0 amide bonds. The van der Waals surface area contributed by atoms with Crippen molar-refractivity contribution in [2.24, 2.45) is 0 Å². The van der Waals surface area contributed by atoms with E-state index in [0.29, 0.717) is 12.4 Å². The monoisotopic (exact) mass is 410 g/mol. The first-order valence-corrected chi connectivity index (χ1v) is 10.1. The molecule has 0 saturated carbocycles. The Morgan fingerprint density at radius 1 is 1.23 bits per heavy atom. The number of fused-ring (bicyclic) bond motifs is 1. The number of benzene rings is 1. The maximum absolute atomic E-state index is 14.2. The molecule has 1 unspecified atom stereocenters. The maximum Gasteiger partial charge on any atom is 0.133 e. The molecule has 0 spiro atoms. The minimum atomic E-state index is -0.292. The first-order chi connectivity index (χ1) is 14.4. The van der Waals surface area contributed by atoms with Crippen molar-refractivity contribution in [3.05, 3.63) is 53.9 Å². The lowest BCUT2D eigenvalue weighted by molar-refractivity contribution is 0.190. The summed E-state index contributed by atoms with van der Waals surface area (Å²) in [6, 6.07) is 8.63. The van der Waals surface area contributed by atoms with Crippen molar-refractivity contribution in [3.63, 3.8) is 0 Å². The topological polar surface area (TPSA) is 68.6 Å². The summed E-state index contributed by atoms with van der Waals surface area (Å²) >= 11 is 0. The molecule has 8 heteroatoms. The first kappa shape index (κ1) is 20.4. The molecular weight excluding hydrogens is 383 g/mol. The van der Waals surface area contributed by atoms with Gasteiger partial charge in [0, 0.05) is 44.3 Å². The van der Waals surface area contributed by atoms with Crippen molar-refractivity contribution in [1.82, 2.24) is 19.9 Å². The van der Waals surface area contributed by atoms with Gasteiger partial charge in [0.25, 0.3) is 0 Å². The third-order valence-electron chi connectivity index (χ3n) is 5.53. The third-order valence-corrected chi connectivity index (χ3v) is 5.53. The Hall–Kier alpha value is -2.84. The summed E-state index contributed by atoms with van der Waals surface area (Å²) in [7, 11) is 3.97. The number of nitrogens with zero attached hydrogens (tertiary/aromatic N) is 6. The highest BCUT2D eigenvalue weighted by molar-refractivity contribution is 5.90. The number of aliphatic hydroxyl groups excluding tert-OH is 1. The second-order valence-corrected chi connectivity index (χ2v) is 7.91. The van der Waals surface area contributed by atoms with Gasteiger partial charge in [-0.3, -0.25) is 4.98 Å². The minimum absolute atomic E-state index is 0.00000702. The molecule has 1 aliphatic heterocycles. The molecule has 1 aromatic carbocycles. The van der Waals surface area contributed by atoms with Gasteiger partial charge in [-0.2, -0.15) is 0 Å². The van der Waals surface area contributed by atoms with E-state index in [2.05, 4.69) is 31.8 Å². The Labute approximate surface area is 175 Å². The molecule has 1 aliphatic rings. The molecule has 0 aliphatic carbocycles. The number of halogens is 1. The van der Waals surface area contributed by atoms with E-state index in [1.165, 1.54) is 12.1 Å². The summed E-state index contributed by atoms with van der Waals surface area (Å²) in [6.45, 7) is 4.93. The number of aryl methyl sites for hydroxylation is 1. The van der Waals surface area contributed by atoms with Gasteiger partial charge < -0.3 is 19.8 Å². The van der Waals surface area contributed by atoms with Crippen LogP contribution in [0.3, 0.4) is 0 Å². The van der Waals surface area contributed by atoms with Crippen LogP contribution in [0.2, 0.25) is 0 Å². The number of hydrogen-bond donors (Lipinski definition) is 1. The SMILES string of the molecule is Cc1nc(CN(C)c2cc(F)cc3cccnc23)cc(N2CCN(C)CC2CO)n1. The molecule has 30 heavy (non-hydrogen) atoms. The summed E-state index contributed by atoms with van der Waals surface area (Å²) in [6.07, 6.45) is 1.72. The van der Waals surface area contributed by atoms with Gasteiger partial charge in [-0.25, -0.2) is 14.4 Å². The smallest absolute Gasteiger partial charge is 0.133 e. The Bertz CT molecular complexity index is 1050. The fourth-order valence-electron chi connectivity index (χ4n) is 4.07. The zero-order chi connectivity index (χ0) is 21.3. The van der Waals surface area contributed by atoms with Gasteiger partial charge in [-0.15, -0.1) is 0 Å². The van der Waals surface area contributed by atoms with Crippen molar-refractivity contribution in [1.29, 1.82) is 0 Å². The van der Waals surface area contributed by atoms with Crippen molar-refractivity contribution >= 4 is 22.4 Å². The molecular formula is C22H27FN6O. The lowest BCUT2D eigenvalue weighted by Gasteiger charge is -2.40. The highest BCUT2D eigenvalue weighted by atomic mass is 19.1. The van der Waals surface area contributed by atoms with E-state index in [1.54, 1.807) is 12.3 Å². The average Bonchev–Trinajstić information content (AvgIpc) is 2.72. The second kappa shape index (κ2) is 8.49. The summed E-state index contributed by atoms with van der Waals surface area (Å²) in [4.78, 5) is 20.0. The van der Waals surface area contributed by atoms with Crippen LogP contribution in [-0.4, -0.2) is 71.3 Å². The summed E-state index contributed by atoms with van der Waals surface area (Å²) in [5, 5.41) is 10.6. The van der Waals surface area contributed by atoms with Crippen LogP contribution in [0.1, 0.15) is 11.5 Å². The molecule has 7 nitrogen and oxygen atoms in total. The highest BCUT2D eigenvalue weighted by Crippen LogP contribution is 2.27. The van der Waals surface area contributed by atoms with Gasteiger partial charge in [0.15, 0.2) is 0 Å². The maximum atomic E-state index is 14.2. The van der Waals surface area contributed by atoms with Gasteiger partial charge in [-0.1, -0.05) is 6.07 Å². The van der Waals surface area contributed by atoms with Gasteiger partial charge >= 0.3 is 0 Å². The molecule has 3 aromatic rings. The van der Waals surface area contributed by atoms with Crippen LogP contribution in [0, 0.1) is 12.7 Å². The van der Waals surface area contributed by atoms with E-state index >= 15 is 0 Å². The number of anilines is 2. The Balaban J connectivity index is 1.63. The van der Waals surface area contributed by atoms with Gasteiger partial charge in [0.2, 0.25) is 0 Å². The van der Waals surface area contributed by atoms with Crippen molar-refractivity contribution in [2.75, 3.05) is 50.1 Å². The number of rotatable bonds is 5. The van der Waals surface area contributed by atoms with Crippen LogP contribution in [0.25, 0.3) is 10.9 Å². The Kier molecular flexibility index (Phi) is 5.78. The van der Waals surface area contributed by atoms with E-state index in [9.17, 15) is 9.50 Å². The molecule has 1 atom stereocenters. The number of pyridine rings is 1. The number of hydrogen-bond acceptors (Lipinski definition) is 7. The van der Waals surface area contributed by atoms with Crippen LogP contribution >= 0.6 is 0 Å². The van der Waals surface area contributed by atoms with Crippen LogP contribution in [0.15, 0.2) is 36.5 Å². The van der Waals surface area contributed by atoms with Crippen LogP contribution in [0.4, 0.5) is 15.9 Å². The van der Waals surface area contributed by atoms with Crippen molar-refractivity contribution < 1.29 is 9.50 Å². The van der Waals surface area contributed by atoms with Crippen LogP contribution in [0.5, 0.6) is 0 Å². The molecule has 1 saturated heterocycles. The predicted molar refractivity (Wildman–Crippen MR) is 116 cm³/mol. The molecule has 2 aromatic heterocycles. The molecule has 1 N–H and O–H groups in total. The molecule has 1 fully saturated rings. The Morgan fingerprint density at radius 3 is 2.87 bits per heavy atom. The number of piperazine rings is 1. The lowest BCUT2D eigenvalue weighted by atomic mass is 10.1. The predicted octanol–water partition coefficient (Wildman–Crippen LogP) is 2.22. The largest absolute Gasteiger partial charge is 0.394 e. The van der Waals surface area contributed by atoms with Gasteiger partial charge in [0.05, 0.1) is 36.1 Å². The van der Waals surface area contributed by atoms with Crippen LogP contribution < -0.4 is 9.80 Å². The van der Waals surface area contributed by atoms with E-state index in [4.69, 9.17) is 0 Å². The van der Waals surface area contributed by atoms with E-state index < -0.39 is 0 Å². The zero-order valence-electron chi connectivity index (χ0n) is 17.6. The number of likely N-dealkylation sites (N-methyl/N-ethyl adjacent to an activating group) is 1. The highest BCUT2D eigenvalue weighted by Gasteiger charge is 2.26. The number of aliphatic hydroxyl groups is 1. The summed E-state index contributed by atoms with van der Waals surface area (Å²) in [5.41, 5.74) is 2.31. The fourth-order valence-corrected chi connectivity index (χ4v) is 4.07. The van der Waals surface area contributed by atoms with Crippen molar-refractivity contribution in [3.8, 4) is 0 Å². The normalized spacial score (nSPS) is 17.5. The molecule has 0 radical (unpaired) electrons. The van der Waals surface area contributed by atoms with Gasteiger partial charge in [0.1, 0.15) is 17.5 Å². The molecule has 3 heterocycles. The molecule has 158 valence electrons. The average molecular weight is 410 g/mol. The standard InChI is InChI=1S/C22H27FN6O/c1-15-25-18(11-21(26-15)29-8-7-27(2)13-19(29)14-30)12-28(3)20-10-17(23)9-16-5-4-6-24-22(16)20/h4-6,9-11,19,30H,7-8,12-14H2,1-3H3. The fraction of sp³-hybridized carbons (Fsp3) is 0.409. The lowest BCUT2D eigenvalue weighted by Crippen LogP contribution is -2.54. The Morgan fingerprint density at radius 2 is 2.07 bits per heavy atom. The first-order valence-electron chi connectivity index (χ1n) is 10.1. The zero-order valence-corrected chi connectivity index (χ0v) is 17.6. The quantitative estimate of drug-likeness (QED) is 0.692. The third kappa shape index (κ3) is 4.20. The van der Waals surface area contributed by atoms with E-state index in [-0.39, 0.29) is 18.5 Å². The van der Waals surface area contributed by atoms with E-state index in [0.717, 1.165) is 47.7 Å².